The molecule has 3 aromatic carbocycles. The minimum absolute atomic E-state index is 0.0662. The van der Waals surface area contributed by atoms with Crippen molar-refractivity contribution in [2.45, 2.75) is 26.3 Å². The number of ether oxygens (including phenoxy) is 2. The van der Waals surface area contributed by atoms with Crippen LogP contribution in [0.3, 0.4) is 0 Å². The number of carbonyl (C=O) groups is 3. The number of fused-ring (bicyclic) bond motifs is 1. The third kappa shape index (κ3) is 4.88. The Kier molecular flexibility index (Phi) is 7.17. The minimum Gasteiger partial charge on any atom is -0.507 e. The Balaban J connectivity index is 1.65. The van der Waals surface area contributed by atoms with Gasteiger partial charge < -0.3 is 14.6 Å². The lowest BCUT2D eigenvalue weighted by molar-refractivity contribution is -0.132. The molecule has 1 aliphatic heterocycles. The molecule has 1 aliphatic rings. The first-order valence-corrected chi connectivity index (χ1v) is 13.2. The molecule has 2 heterocycles. The van der Waals surface area contributed by atoms with Crippen LogP contribution in [-0.2, 0) is 14.3 Å². The van der Waals surface area contributed by atoms with Crippen LogP contribution in [0.5, 0.6) is 5.75 Å². The number of rotatable bonds is 7. The van der Waals surface area contributed by atoms with Crippen molar-refractivity contribution >= 4 is 50.1 Å². The number of anilines is 1. The topological polar surface area (TPSA) is 106 Å². The molecular weight excluding hydrogens is 516 g/mol. The molecule has 1 unspecified atom stereocenters. The van der Waals surface area contributed by atoms with Crippen molar-refractivity contribution in [3.63, 3.8) is 0 Å². The Bertz CT molecular complexity index is 1600. The van der Waals surface area contributed by atoms with Crippen molar-refractivity contribution in [3.05, 3.63) is 94.6 Å². The van der Waals surface area contributed by atoms with Crippen molar-refractivity contribution in [1.29, 1.82) is 0 Å². The number of thiazole rings is 1. The second-order valence-electron chi connectivity index (χ2n) is 9.12. The summed E-state index contributed by atoms with van der Waals surface area (Å²) in [7, 11) is 1.29. The van der Waals surface area contributed by atoms with E-state index in [0.717, 1.165) is 16.7 Å². The van der Waals surface area contributed by atoms with Crippen molar-refractivity contribution in [2.24, 2.45) is 0 Å². The molecule has 39 heavy (non-hydrogen) atoms. The average Bonchev–Trinajstić information content (AvgIpc) is 3.48. The van der Waals surface area contributed by atoms with Crippen LogP contribution in [0.4, 0.5) is 5.13 Å². The van der Waals surface area contributed by atoms with E-state index < -0.39 is 23.7 Å². The number of aryl methyl sites for hydroxylation is 1. The van der Waals surface area contributed by atoms with Gasteiger partial charge in [0, 0.05) is 5.56 Å². The Labute approximate surface area is 229 Å². The monoisotopic (exact) mass is 542 g/mol. The van der Waals surface area contributed by atoms with Crippen LogP contribution in [0.2, 0.25) is 0 Å². The number of aromatic nitrogens is 1. The summed E-state index contributed by atoms with van der Waals surface area (Å²) in [6.07, 6.45) is 0.852. The van der Waals surface area contributed by atoms with E-state index in [9.17, 15) is 19.5 Å². The van der Waals surface area contributed by atoms with E-state index in [-0.39, 0.29) is 11.3 Å². The molecule has 1 fully saturated rings. The van der Waals surface area contributed by atoms with Gasteiger partial charge in [-0.15, -0.1) is 0 Å². The molecule has 1 N–H and O–H groups in total. The molecular formula is C30H26N2O6S. The van der Waals surface area contributed by atoms with E-state index in [1.54, 1.807) is 48.5 Å². The molecule has 5 rings (SSSR count). The van der Waals surface area contributed by atoms with E-state index in [4.69, 9.17) is 9.47 Å². The summed E-state index contributed by atoms with van der Waals surface area (Å²) in [6.45, 7) is 4.52. The molecule has 0 bridgehead atoms. The number of esters is 1. The molecule has 198 valence electrons. The van der Waals surface area contributed by atoms with Gasteiger partial charge in [0.2, 0.25) is 0 Å². The Morgan fingerprint density at radius 1 is 1.03 bits per heavy atom. The quantitative estimate of drug-likeness (QED) is 0.136. The van der Waals surface area contributed by atoms with Crippen LogP contribution in [0.1, 0.15) is 46.4 Å². The number of amides is 1. The molecule has 1 saturated heterocycles. The highest BCUT2D eigenvalue weighted by Gasteiger charge is 2.48. The molecule has 4 aromatic rings. The Morgan fingerprint density at radius 2 is 1.72 bits per heavy atom. The van der Waals surface area contributed by atoms with Crippen LogP contribution < -0.4 is 9.64 Å². The maximum absolute atomic E-state index is 13.5. The summed E-state index contributed by atoms with van der Waals surface area (Å²) in [6, 6.07) is 17.9. The highest BCUT2D eigenvalue weighted by atomic mass is 32.1. The summed E-state index contributed by atoms with van der Waals surface area (Å²) in [5.74, 6) is -1.80. The highest BCUT2D eigenvalue weighted by Crippen LogP contribution is 2.44. The minimum atomic E-state index is -0.964. The van der Waals surface area contributed by atoms with E-state index >= 15 is 0 Å². The van der Waals surface area contributed by atoms with Gasteiger partial charge in [0.15, 0.2) is 5.13 Å². The number of aliphatic hydroxyl groups excluding tert-OH is 1. The summed E-state index contributed by atoms with van der Waals surface area (Å²) >= 11 is 1.29. The molecule has 0 aliphatic carbocycles. The number of benzene rings is 3. The average molecular weight is 543 g/mol. The first-order chi connectivity index (χ1) is 18.8. The smallest absolute Gasteiger partial charge is 0.337 e. The fraction of sp³-hybridized carbons (Fsp3) is 0.200. The summed E-state index contributed by atoms with van der Waals surface area (Å²) < 4.78 is 11.3. The van der Waals surface area contributed by atoms with Gasteiger partial charge in [0.05, 0.1) is 41.1 Å². The zero-order valence-corrected chi connectivity index (χ0v) is 22.5. The van der Waals surface area contributed by atoms with Gasteiger partial charge in [0.25, 0.3) is 5.78 Å². The first-order valence-electron chi connectivity index (χ1n) is 12.4. The molecule has 1 aromatic heterocycles. The van der Waals surface area contributed by atoms with Crippen LogP contribution in [0.25, 0.3) is 16.0 Å². The van der Waals surface area contributed by atoms with Gasteiger partial charge in [-0.25, -0.2) is 9.78 Å². The predicted molar refractivity (Wildman–Crippen MR) is 149 cm³/mol. The molecule has 0 radical (unpaired) electrons. The van der Waals surface area contributed by atoms with Crippen LogP contribution in [-0.4, -0.2) is 41.5 Å². The number of aliphatic hydroxyl groups is 1. The fourth-order valence-corrected chi connectivity index (χ4v) is 5.56. The van der Waals surface area contributed by atoms with Gasteiger partial charge in [-0.2, -0.15) is 0 Å². The van der Waals surface area contributed by atoms with Crippen molar-refractivity contribution in [1.82, 2.24) is 4.98 Å². The number of Topliss-reactive ketones (excluding diaryl/α,β-unsaturated/α-hetero) is 1. The summed E-state index contributed by atoms with van der Waals surface area (Å²) in [4.78, 5) is 44.9. The molecule has 8 nitrogen and oxygen atoms in total. The lowest BCUT2D eigenvalue weighted by atomic mass is 9.94. The second kappa shape index (κ2) is 10.7. The molecule has 9 heteroatoms. The van der Waals surface area contributed by atoms with E-state index in [1.807, 2.05) is 32.0 Å². The van der Waals surface area contributed by atoms with Crippen LogP contribution in [0, 0.1) is 6.92 Å². The summed E-state index contributed by atoms with van der Waals surface area (Å²) in [5, 5.41) is 11.7. The zero-order chi connectivity index (χ0) is 27.7. The fourth-order valence-electron chi connectivity index (χ4n) is 4.47. The molecule has 0 spiro atoms. The maximum Gasteiger partial charge on any atom is 0.337 e. The van der Waals surface area contributed by atoms with Gasteiger partial charge in [-0.05, 0) is 73.0 Å². The highest BCUT2D eigenvalue weighted by molar-refractivity contribution is 7.22. The second-order valence-corrected chi connectivity index (χ2v) is 10.1. The zero-order valence-electron chi connectivity index (χ0n) is 21.6. The van der Waals surface area contributed by atoms with E-state index in [0.29, 0.717) is 39.7 Å². The number of hydrogen-bond acceptors (Lipinski definition) is 8. The SMILES string of the molecule is CCCOc1ccc(C(O)=C2C(=O)C(=O)N(c3nc4ccc(C)cc4s3)C2c2ccc(C(=O)OC)cc2)cc1. The van der Waals surface area contributed by atoms with Crippen LogP contribution >= 0.6 is 11.3 Å². The summed E-state index contributed by atoms with van der Waals surface area (Å²) in [5.41, 5.74) is 2.89. The van der Waals surface area contributed by atoms with Crippen LogP contribution in [0.15, 0.2) is 72.3 Å². The number of nitrogens with zero attached hydrogens (tertiary/aromatic N) is 2. The Hall–Kier alpha value is -4.50. The third-order valence-electron chi connectivity index (χ3n) is 6.43. The predicted octanol–water partition coefficient (Wildman–Crippen LogP) is 5.81. The van der Waals surface area contributed by atoms with Gasteiger partial charge >= 0.3 is 11.9 Å². The normalized spacial score (nSPS) is 16.6. The maximum atomic E-state index is 13.5. The van der Waals surface area contributed by atoms with Crippen molar-refractivity contribution in [2.75, 3.05) is 18.6 Å². The molecule has 0 saturated carbocycles. The van der Waals surface area contributed by atoms with Gasteiger partial charge in [0.1, 0.15) is 11.5 Å². The number of hydrogen-bond donors (Lipinski definition) is 1. The standard InChI is InChI=1S/C30H26N2O6S/c1-4-15-38-21-12-10-19(11-13-21)26(33)24-25(18-6-8-20(9-7-18)29(36)37-3)32(28(35)27(24)34)30-31-22-14-5-17(2)16-23(22)39-30/h5-14,16,25,33H,4,15H2,1-3H3. The van der Waals surface area contributed by atoms with Gasteiger partial charge in [-0.1, -0.05) is 36.5 Å². The number of ketones is 1. The van der Waals surface area contributed by atoms with Gasteiger partial charge in [-0.3, -0.25) is 14.5 Å². The Morgan fingerprint density at radius 3 is 2.38 bits per heavy atom. The lowest BCUT2D eigenvalue weighted by Gasteiger charge is -2.23. The number of methoxy groups -OCH3 is 1. The molecule has 1 amide bonds. The largest absolute Gasteiger partial charge is 0.507 e. The first kappa shape index (κ1) is 26.1. The van der Waals surface area contributed by atoms with Crippen molar-refractivity contribution < 1.29 is 29.0 Å². The van der Waals surface area contributed by atoms with Crippen molar-refractivity contribution in [3.8, 4) is 5.75 Å². The third-order valence-corrected chi connectivity index (χ3v) is 7.45. The van der Waals surface area contributed by atoms with E-state index in [1.165, 1.54) is 23.3 Å². The van der Waals surface area contributed by atoms with E-state index in [2.05, 4.69) is 4.98 Å². The lowest BCUT2D eigenvalue weighted by Crippen LogP contribution is -2.29. The molecule has 1 atom stereocenters. The number of carbonyl (C=O) groups excluding carboxylic acids is 3.